The molecular formula is C14H22N2O. The fourth-order valence-electron chi connectivity index (χ4n) is 1.55. The molecule has 1 aromatic carbocycles. The van der Waals surface area contributed by atoms with Crippen LogP contribution in [-0.2, 0) is 11.2 Å². The van der Waals surface area contributed by atoms with Crippen molar-refractivity contribution in [2.45, 2.75) is 39.2 Å². The first-order valence-electron chi connectivity index (χ1n) is 5.98. The zero-order chi connectivity index (χ0) is 13.1. The summed E-state index contributed by atoms with van der Waals surface area (Å²) in [5.41, 5.74) is 7.31. The molecule has 0 fully saturated rings. The van der Waals surface area contributed by atoms with Crippen LogP contribution in [0.4, 0.5) is 5.69 Å². The molecule has 94 valence electrons. The van der Waals surface area contributed by atoms with E-state index in [9.17, 15) is 4.79 Å². The molecule has 0 atom stereocenters. The number of hydrogen-bond donors (Lipinski definition) is 1. The van der Waals surface area contributed by atoms with E-state index < -0.39 is 0 Å². The van der Waals surface area contributed by atoms with Crippen molar-refractivity contribution in [1.82, 2.24) is 4.90 Å². The average Bonchev–Trinajstić information content (AvgIpc) is 2.31. The second-order valence-corrected chi connectivity index (χ2v) is 4.99. The van der Waals surface area contributed by atoms with E-state index in [2.05, 4.69) is 20.8 Å². The van der Waals surface area contributed by atoms with E-state index in [1.165, 1.54) is 0 Å². The zero-order valence-corrected chi connectivity index (χ0v) is 11.2. The van der Waals surface area contributed by atoms with Crippen molar-refractivity contribution in [2.24, 2.45) is 0 Å². The van der Waals surface area contributed by atoms with Crippen LogP contribution in [0.3, 0.4) is 0 Å². The van der Waals surface area contributed by atoms with Gasteiger partial charge >= 0.3 is 0 Å². The maximum atomic E-state index is 12.1. The summed E-state index contributed by atoms with van der Waals surface area (Å²) in [4.78, 5) is 13.9. The van der Waals surface area contributed by atoms with Crippen LogP contribution in [-0.4, -0.2) is 23.4 Å². The third-order valence-corrected chi connectivity index (χ3v) is 3.54. The maximum Gasteiger partial charge on any atom is 0.227 e. The number of hydrogen-bond acceptors (Lipinski definition) is 2. The van der Waals surface area contributed by atoms with Crippen LogP contribution in [0.5, 0.6) is 0 Å². The van der Waals surface area contributed by atoms with E-state index in [4.69, 9.17) is 5.73 Å². The van der Waals surface area contributed by atoms with Gasteiger partial charge < -0.3 is 10.6 Å². The number of carbonyl (C=O) groups is 1. The molecule has 1 amide bonds. The molecule has 1 rings (SSSR count). The Morgan fingerprint density at radius 1 is 1.35 bits per heavy atom. The Bertz CT molecular complexity index is 399. The number of amides is 1. The molecule has 0 saturated carbocycles. The van der Waals surface area contributed by atoms with E-state index in [0.29, 0.717) is 12.1 Å². The summed E-state index contributed by atoms with van der Waals surface area (Å²) < 4.78 is 0. The van der Waals surface area contributed by atoms with Gasteiger partial charge in [-0.25, -0.2) is 0 Å². The largest absolute Gasteiger partial charge is 0.398 e. The quantitative estimate of drug-likeness (QED) is 0.813. The molecule has 0 heterocycles. The molecule has 0 radical (unpaired) electrons. The van der Waals surface area contributed by atoms with E-state index in [-0.39, 0.29) is 11.4 Å². The van der Waals surface area contributed by atoms with Gasteiger partial charge in [-0.1, -0.05) is 25.1 Å². The normalized spacial score (nSPS) is 11.3. The molecule has 0 spiro atoms. The molecule has 0 saturated heterocycles. The van der Waals surface area contributed by atoms with Crippen molar-refractivity contribution in [3.05, 3.63) is 29.8 Å². The second kappa shape index (κ2) is 5.21. The summed E-state index contributed by atoms with van der Waals surface area (Å²) in [5.74, 6) is 0.106. The minimum atomic E-state index is -0.110. The Kier molecular flexibility index (Phi) is 4.16. The van der Waals surface area contributed by atoms with E-state index in [0.717, 1.165) is 12.0 Å². The summed E-state index contributed by atoms with van der Waals surface area (Å²) in [6.07, 6.45) is 1.30. The van der Waals surface area contributed by atoms with Gasteiger partial charge in [0.25, 0.3) is 0 Å². The smallest absolute Gasteiger partial charge is 0.227 e. The first kappa shape index (κ1) is 13.6. The van der Waals surface area contributed by atoms with Gasteiger partial charge in [0.1, 0.15) is 0 Å². The zero-order valence-electron chi connectivity index (χ0n) is 11.2. The topological polar surface area (TPSA) is 46.3 Å². The number of benzene rings is 1. The lowest BCUT2D eigenvalue weighted by atomic mass is 9.98. The van der Waals surface area contributed by atoms with E-state index in [1.54, 1.807) is 4.90 Å². The third kappa shape index (κ3) is 3.22. The maximum absolute atomic E-state index is 12.1. The summed E-state index contributed by atoms with van der Waals surface area (Å²) in [6, 6.07) is 7.51. The van der Waals surface area contributed by atoms with Gasteiger partial charge in [0.2, 0.25) is 5.91 Å². The van der Waals surface area contributed by atoms with Crippen LogP contribution in [0.1, 0.15) is 32.8 Å². The van der Waals surface area contributed by atoms with Crippen LogP contribution in [0, 0.1) is 0 Å². The van der Waals surface area contributed by atoms with E-state index >= 15 is 0 Å². The molecule has 0 aliphatic heterocycles. The minimum Gasteiger partial charge on any atom is -0.398 e. The van der Waals surface area contributed by atoms with Crippen LogP contribution in [0.25, 0.3) is 0 Å². The summed E-state index contributed by atoms with van der Waals surface area (Å²) in [6.45, 7) is 6.22. The third-order valence-electron chi connectivity index (χ3n) is 3.54. The fourth-order valence-corrected chi connectivity index (χ4v) is 1.55. The summed E-state index contributed by atoms with van der Waals surface area (Å²) in [7, 11) is 1.85. The lowest BCUT2D eigenvalue weighted by Crippen LogP contribution is -2.45. The summed E-state index contributed by atoms with van der Waals surface area (Å²) in [5, 5.41) is 0. The highest BCUT2D eigenvalue weighted by atomic mass is 16.2. The molecule has 0 unspecified atom stereocenters. The molecule has 0 aromatic heterocycles. The Hall–Kier alpha value is -1.51. The molecule has 17 heavy (non-hydrogen) atoms. The number of para-hydroxylation sites is 1. The number of likely N-dealkylation sites (N-methyl/N-ethyl adjacent to an activating group) is 1. The number of nitrogen functional groups attached to an aromatic ring is 1. The van der Waals surface area contributed by atoms with Gasteiger partial charge in [0.15, 0.2) is 0 Å². The van der Waals surface area contributed by atoms with Crippen molar-refractivity contribution in [3.8, 4) is 0 Å². The number of nitrogens with zero attached hydrogens (tertiary/aromatic N) is 1. The van der Waals surface area contributed by atoms with Crippen molar-refractivity contribution in [2.75, 3.05) is 12.8 Å². The van der Waals surface area contributed by atoms with Gasteiger partial charge in [0, 0.05) is 18.3 Å². The van der Waals surface area contributed by atoms with Gasteiger partial charge in [-0.3, -0.25) is 4.79 Å². The molecule has 0 bridgehead atoms. The highest BCUT2D eigenvalue weighted by Crippen LogP contribution is 2.19. The number of nitrogens with two attached hydrogens (primary N) is 1. The Morgan fingerprint density at radius 2 is 1.94 bits per heavy atom. The van der Waals surface area contributed by atoms with Crippen molar-refractivity contribution in [3.63, 3.8) is 0 Å². The second-order valence-electron chi connectivity index (χ2n) is 4.99. The molecule has 1 aromatic rings. The van der Waals surface area contributed by atoms with Crippen LogP contribution in [0.2, 0.25) is 0 Å². The Labute approximate surface area is 104 Å². The Balaban J connectivity index is 2.77. The molecule has 0 aliphatic rings. The van der Waals surface area contributed by atoms with Crippen molar-refractivity contribution in [1.29, 1.82) is 0 Å². The SMILES string of the molecule is CCC(C)(C)N(C)C(=O)Cc1ccccc1N. The minimum absolute atomic E-state index is 0.106. The highest BCUT2D eigenvalue weighted by Gasteiger charge is 2.25. The first-order chi connectivity index (χ1) is 7.88. The van der Waals surface area contributed by atoms with Gasteiger partial charge in [-0.15, -0.1) is 0 Å². The molecule has 0 aliphatic carbocycles. The highest BCUT2D eigenvalue weighted by molar-refractivity contribution is 5.80. The Morgan fingerprint density at radius 3 is 2.47 bits per heavy atom. The van der Waals surface area contributed by atoms with Crippen LogP contribution in [0.15, 0.2) is 24.3 Å². The number of carbonyl (C=O) groups excluding carboxylic acids is 1. The fraction of sp³-hybridized carbons (Fsp3) is 0.500. The molecule has 2 N–H and O–H groups in total. The summed E-state index contributed by atoms with van der Waals surface area (Å²) >= 11 is 0. The average molecular weight is 234 g/mol. The predicted molar refractivity (Wildman–Crippen MR) is 71.7 cm³/mol. The monoisotopic (exact) mass is 234 g/mol. The number of anilines is 1. The predicted octanol–water partition coefficient (Wildman–Crippen LogP) is 2.46. The standard InChI is InChI=1S/C14H22N2O/c1-5-14(2,3)16(4)13(17)10-11-8-6-7-9-12(11)15/h6-9H,5,10,15H2,1-4H3. The van der Waals surface area contributed by atoms with Crippen LogP contribution < -0.4 is 5.73 Å². The molecular weight excluding hydrogens is 212 g/mol. The molecule has 3 heteroatoms. The lowest BCUT2D eigenvalue weighted by molar-refractivity contribution is -0.133. The van der Waals surface area contributed by atoms with Gasteiger partial charge in [-0.2, -0.15) is 0 Å². The lowest BCUT2D eigenvalue weighted by Gasteiger charge is -2.35. The van der Waals surface area contributed by atoms with Crippen molar-refractivity contribution < 1.29 is 4.79 Å². The first-order valence-corrected chi connectivity index (χ1v) is 5.98. The van der Waals surface area contributed by atoms with Gasteiger partial charge in [0.05, 0.1) is 6.42 Å². The molecule has 3 nitrogen and oxygen atoms in total. The number of rotatable bonds is 4. The van der Waals surface area contributed by atoms with E-state index in [1.807, 2.05) is 31.3 Å². The van der Waals surface area contributed by atoms with Gasteiger partial charge in [-0.05, 0) is 31.9 Å². The van der Waals surface area contributed by atoms with Crippen LogP contribution >= 0.6 is 0 Å². The van der Waals surface area contributed by atoms with Crippen molar-refractivity contribution >= 4 is 11.6 Å².